The molecule has 3 aromatic carbocycles. The second-order valence-electron chi connectivity index (χ2n) is 6.50. The largest absolute Gasteiger partial charge is 0.497 e. The van der Waals surface area contributed by atoms with Gasteiger partial charge in [0.25, 0.3) is 5.91 Å². The summed E-state index contributed by atoms with van der Waals surface area (Å²) in [5.41, 5.74) is 2.45. The third-order valence-electron chi connectivity index (χ3n) is 4.67. The Morgan fingerprint density at radius 2 is 1.72 bits per heavy atom. The van der Waals surface area contributed by atoms with E-state index in [1.165, 1.54) is 0 Å². The Hall–Kier alpha value is -3.67. The van der Waals surface area contributed by atoms with Crippen molar-refractivity contribution in [2.45, 2.75) is 6.10 Å². The minimum absolute atomic E-state index is 0.157. The molecule has 1 aliphatic rings. The van der Waals surface area contributed by atoms with E-state index in [9.17, 15) is 4.79 Å². The normalized spacial score (nSPS) is 14.8. The van der Waals surface area contributed by atoms with Crippen molar-refractivity contribution in [1.82, 2.24) is 0 Å². The molecule has 0 radical (unpaired) electrons. The first-order valence-corrected chi connectivity index (χ1v) is 9.20. The molecule has 0 aliphatic carbocycles. The molecule has 29 heavy (non-hydrogen) atoms. The zero-order valence-corrected chi connectivity index (χ0v) is 16.2. The lowest BCUT2D eigenvalue weighted by molar-refractivity contribution is -0.125. The Morgan fingerprint density at radius 1 is 0.966 bits per heavy atom. The van der Waals surface area contributed by atoms with Crippen LogP contribution in [0.15, 0.2) is 66.7 Å². The predicted molar refractivity (Wildman–Crippen MR) is 110 cm³/mol. The van der Waals surface area contributed by atoms with E-state index in [1.807, 2.05) is 54.6 Å². The van der Waals surface area contributed by atoms with Crippen LogP contribution in [0.25, 0.3) is 11.1 Å². The van der Waals surface area contributed by atoms with Gasteiger partial charge >= 0.3 is 0 Å². The van der Waals surface area contributed by atoms with Crippen molar-refractivity contribution in [3.05, 3.63) is 66.7 Å². The SMILES string of the molecule is COc1ccc(-c2cc(NC(=O)[C@@H]3COc4ccccc4O3)ccc2OC)cc1. The van der Waals surface area contributed by atoms with Gasteiger partial charge in [0.2, 0.25) is 6.10 Å². The Labute approximate surface area is 169 Å². The highest BCUT2D eigenvalue weighted by Gasteiger charge is 2.27. The fraction of sp³-hybridized carbons (Fsp3) is 0.174. The highest BCUT2D eigenvalue weighted by Crippen LogP contribution is 2.34. The summed E-state index contributed by atoms with van der Waals surface area (Å²) in [6.45, 7) is 0.157. The lowest BCUT2D eigenvalue weighted by Gasteiger charge is -2.25. The third-order valence-corrected chi connectivity index (χ3v) is 4.67. The molecule has 1 aliphatic heterocycles. The van der Waals surface area contributed by atoms with Crippen molar-refractivity contribution in [3.8, 4) is 34.1 Å². The summed E-state index contributed by atoms with van der Waals surface area (Å²) in [4.78, 5) is 12.7. The molecule has 0 unspecified atom stereocenters. The van der Waals surface area contributed by atoms with Gasteiger partial charge in [-0.05, 0) is 48.0 Å². The van der Waals surface area contributed by atoms with Crippen molar-refractivity contribution in [1.29, 1.82) is 0 Å². The van der Waals surface area contributed by atoms with E-state index >= 15 is 0 Å². The van der Waals surface area contributed by atoms with E-state index < -0.39 is 6.10 Å². The second-order valence-corrected chi connectivity index (χ2v) is 6.50. The van der Waals surface area contributed by atoms with Gasteiger partial charge in [0.15, 0.2) is 11.5 Å². The number of ether oxygens (including phenoxy) is 4. The van der Waals surface area contributed by atoms with E-state index in [1.54, 1.807) is 26.4 Å². The fourth-order valence-corrected chi connectivity index (χ4v) is 3.15. The topological polar surface area (TPSA) is 66.0 Å². The highest BCUT2D eigenvalue weighted by molar-refractivity contribution is 5.95. The molecule has 1 amide bonds. The first-order chi connectivity index (χ1) is 14.2. The van der Waals surface area contributed by atoms with Crippen LogP contribution in [0.3, 0.4) is 0 Å². The molecular weight excluding hydrogens is 370 g/mol. The number of hydrogen-bond donors (Lipinski definition) is 1. The number of rotatable bonds is 5. The molecule has 6 heteroatoms. The summed E-state index contributed by atoms with van der Waals surface area (Å²) >= 11 is 0. The number of benzene rings is 3. The van der Waals surface area contributed by atoms with Crippen molar-refractivity contribution in [2.24, 2.45) is 0 Å². The van der Waals surface area contributed by atoms with Crippen LogP contribution >= 0.6 is 0 Å². The van der Waals surface area contributed by atoms with Crippen LogP contribution in [0.5, 0.6) is 23.0 Å². The lowest BCUT2D eigenvalue weighted by Crippen LogP contribution is -2.40. The van der Waals surface area contributed by atoms with Crippen molar-refractivity contribution < 1.29 is 23.7 Å². The van der Waals surface area contributed by atoms with Gasteiger partial charge in [0.1, 0.15) is 18.1 Å². The van der Waals surface area contributed by atoms with Gasteiger partial charge in [-0.25, -0.2) is 0 Å². The van der Waals surface area contributed by atoms with Crippen LogP contribution in [0.1, 0.15) is 0 Å². The van der Waals surface area contributed by atoms with Crippen LogP contribution in [0, 0.1) is 0 Å². The molecule has 0 aromatic heterocycles. The molecule has 6 nitrogen and oxygen atoms in total. The minimum Gasteiger partial charge on any atom is -0.497 e. The van der Waals surface area contributed by atoms with Crippen LogP contribution in [-0.2, 0) is 4.79 Å². The number of amides is 1. The summed E-state index contributed by atoms with van der Waals surface area (Å²) in [6, 6.07) is 20.4. The Bertz CT molecular complexity index is 1020. The predicted octanol–water partition coefficient (Wildman–Crippen LogP) is 4.15. The van der Waals surface area contributed by atoms with Gasteiger partial charge in [-0.15, -0.1) is 0 Å². The molecule has 0 spiro atoms. The Morgan fingerprint density at radius 3 is 2.45 bits per heavy atom. The maximum Gasteiger partial charge on any atom is 0.269 e. The third kappa shape index (κ3) is 3.96. The zero-order chi connectivity index (χ0) is 20.2. The molecule has 1 atom stereocenters. The standard InChI is InChI=1S/C23H21NO5/c1-26-17-10-7-15(8-11-17)18-13-16(9-12-19(18)27-2)24-23(25)22-14-28-20-5-3-4-6-21(20)29-22/h3-13,22H,14H2,1-2H3,(H,24,25)/t22-/m0/s1. The first-order valence-electron chi connectivity index (χ1n) is 9.20. The van der Waals surface area contributed by atoms with Gasteiger partial charge in [0, 0.05) is 11.3 Å². The number of hydrogen-bond acceptors (Lipinski definition) is 5. The fourth-order valence-electron chi connectivity index (χ4n) is 3.15. The number of carbonyl (C=O) groups excluding carboxylic acids is 1. The average molecular weight is 391 g/mol. The number of para-hydroxylation sites is 2. The maximum atomic E-state index is 12.7. The number of nitrogens with one attached hydrogen (secondary N) is 1. The van der Waals surface area contributed by atoms with Gasteiger partial charge < -0.3 is 24.3 Å². The van der Waals surface area contributed by atoms with Crippen molar-refractivity contribution in [3.63, 3.8) is 0 Å². The second kappa shape index (κ2) is 8.14. The van der Waals surface area contributed by atoms with Gasteiger partial charge in [-0.1, -0.05) is 24.3 Å². The zero-order valence-electron chi connectivity index (χ0n) is 16.2. The van der Waals surface area contributed by atoms with Crippen LogP contribution < -0.4 is 24.3 Å². The molecule has 1 heterocycles. The van der Waals surface area contributed by atoms with E-state index in [0.29, 0.717) is 22.9 Å². The van der Waals surface area contributed by atoms with Gasteiger partial charge in [-0.2, -0.15) is 0 Å². The van der Waals surface area contributed by atoms with E-state index in [0.717, 1.165) is 16.9 Å². The molecule has 0 bridgehead atoms. The van der Waals surface area contributed by atoms with Crippen LogP contribution in [0.2, 0.25) is 0 Å². The minimum atomic E-state index is -0.726. The Balaban J connectivity index is 1.54. The summed E-state index contributed by atoms with van der Waals surface area (Å²) in [6.07, 6.45) is -0.726. The summed E-state index contributed by atoms with van der Waals surface area (Å²) in [7, 11) is 3.24. The maximum absolute atomic E-state index is 12.7. The molecule has 1 N–H and O–H groups in total. The summed E-state index contributed by atoms with van der Waals surface area (Å²) in [5, 5.41) is 2.90. The van der Waals surface area contributed by atoms with E-state index in [4.69, 9.17) is 18.9 Å². The molecule has 148 valence electrons. The molecule has 0 saturated carbocycles. The smallest absolute Gasteiger partial charge is 0.269 e. The number of fused-ring (bicyclic) bond motifs is 1. The van der Waals surface area contributed by atoms with Gasteiger partial charge in [0.05, 0.1) is 14.2 Å². The Kier molecular flexibility index (Phi) is 5.24. The summed E-state index contributed by atoms with van der Waals surface area (Å²) in [5.74, 6) is 2.41. The number of methoxy groups -OCH3 is 2. The van der Waals surface area contributed by atoms with E-state index in [-0.39, 0.29) is 12.5 Å². The molecule has 0 fully saturated rings. The first kappa shape index (κ1) is 18.7. The summed E-state index contributed by atoms with van der Waals surface area (Å²) < 4.78 is 22.1. The molecule has 3 aromatic rings. The average Bonchev–Trinajstić information content (AvgIpc) is 2.78. The lowest BCUT2D eigenvalue weighted by atomic mass is 10.0. The monoisotopic (exact) mass is 391 g/mol. The molecule has 0 saturated heterocycles. The molecular formula is C23H21NO5. The quantitative estimate of drug-likeness (QED) is 0.708. The van der Waals surface area contributed by atoms with E-state index in [2.05, 4.69) is 5.32 Å². The van der Waals surface area contributed by atoms with Crippen LogP contribution in [0.4, 0.5) is 5.69 Å². The highest BCUT2D eigenvalue weighted by atomic mass is 16.6. The number of anilines is 1. The molecule has 4 rings (SSSR count). The van der Waals surface area contributed by atoms with Crippen molar-refractivity contribution >= 4 is 11.6 Å². The van der Waals surface area contributed by atoms with Crippen molar-refractivity contribution in [2.75, 3.05) is 26.1 Å². The van der Waals surface area contributed by atoms with Crippen LogP contribution in [-0.4, -0.2) is 32.8 Å². The van der Waals surface area contributed by atoms with Gasteiger partial charge in [-0.3, -0.25) is 4.79 Å². The number of carbonyl (C=O) groups is 1.